The molecule has 1 amide bonds. The molecule has 0 bridgehead atoms. The van der Waals surface area contributed by atoms with E-state index in [-0.39, 0.29) is 18.3 Å². The van der Waals surface area contributed by atoms with E-state index in [1.165, 1.54) is 17.7 Å². The number of rotatable bonds is 6. The van der Waals surface area contributed by atoms with Gasteiger partial charge >= 0.3 is 0 Å². The quantitative estimate of drug-likeness (QED) is 0.712. The molecule has 0 unspecified atom stereocenters. The van der Waals surface area contributed by atoms with Crippen LogP contribution in [0.3, 0.4) is 0 Å². The molecule has 0 radical (unpaired) electrons. The summed E-state index contributed by atoms with van der Waals surface area (Å²) in [5.41, 5.74) is 2.73. The van der Waals surface area contributed by atoms with Crippen molar-refractivity contribution < 1.29 is 9.18 Å². The number of benzene rings is 1. The van der Waals surface area contributed by atoms with E-state index in [0.717, 1.165) is 37.3 Å². The predicted molar refractivity (Wildman–Crippen MR) is 92.7 cm³/mol. The van der Waals surface area contributed by atoms with Gasteiger partial charge in [-0.1, -0.05) is 12.1 Å². The Bertz CT molecular complexity index is 720. The van der Waals surface area contributed by atoms with Gasteiger partial charge in [-0.25, -0.2) is 9.37 Å². The Hall–Kier alpha value is -2.47. The molecule has 0 saturated carbocycles. The molecule has 2 aromatic rings. The van der Waals surface area contributed by atoms with Crippen LogP contribution in [0.1, 0.15) is 17.7 Å². The Balaban J connectivity index is 1.41. The zero-order valence-corrected chi connectivity index (χ0v) is 13.4. The van der Waals surface area contributed by atoms with Gasteiger partial charge in [0.05, 0.1) is 6.54 Å². The number of nitrogens with zero attached hydrogens (tertiary/aromatic N) is 1. The van der Waals surface area contributed by atoms with Crippen LogP contribution in [-0.4, -0.2) is 30.5 Å². The maximum Gasteiger partial charge on any atom is 0.238 e. The number of carbonyl (C=O) groups is 1. The van der Waals surface area contributed by atoms with Gasteiger partial charge in [0, 0.05) is 30.9 Å². The van der Waals surface area contributed by atoms with Crippen LogP contribution < -0.4 is 16.0 Å². The third-order valence-electron chi connectivity index (χ3n) is 3.90. The molecular formula is C18H21FN4O. The maximum atomic E-state index is 13.1. The average Bonchev–Trinajstić information content (AvgIpc) is 2.58. The maximum absolute atomic E-state index is 13.1. The van der Waals surface area contributed by atoms with Crippen molar-refractivity contribution in [1.82, 2.24) is 10.3 Å². The second-order valence-corrected chi connectivity index (χ2v) is 5.83. The Morgan fingerprint density at radius 2 is 2.21 bits per heavy atom. The highest BCUT2D eigenvalue weighted by molar-refractivity contribution is 5.92. The first kappa shape index (κ1) is 16.4. The fourth-order valence-electron chi connectivity index (χ4n) is 2.70. The minimum atomic E-state index is -0.368. The first-order chi connectivity index (χ1) is 11.7. The number of carbonyl (C=O) groups excluding carboxylic acids is 1. The van der Waals surface area contributed by atoms with Gasteiger partial charge in [0.25, 0.3) is 0 Å². The second-order valence-electron chi connectivity index (χ2n) is 5.83. The Morgan fingerprint density at radius 3 is 3.08 bits per heavy atom. The minimum Gasteiger partial charge on any atom is -0.370 e. The first-order valence-corrected chi connectivity index (χ1v) is 8.19. The molecule has 3 rings (SSSR count). The summed E-state index contributed by atoms with van der Waals surface area (Å²) in [6.07, 6.45) is 2.98. The highest BCUT2D eigenvalue weighted by Crippen LogP contribution is 2.19. The lowest BCUT2D eigenvalue weighted by molar-refractivity contribution is -0.115. The molecule has 0 saturated heterocycles. The number of fused-ring (bicyclic) bond motifs is 1. The summed E-state index contributed by atoms with van der Waals surface area (Å²) in [5, 5.41) is 9.05. The van der Waals surface area contributed by atoms with E-state index in [9.17, 15) is 9.18 Å². The number of aryl methyl sites for hydroxylation is 1. The van der Waals surface area contributed by atoms with Gasteiger partial charge in [0.1, 0.15) is 11.6 Å². The molecule has 0 aliphatic carbocycles. The Morgan fingerprint density at radius 1 is 1.29 bits per heavy atom. The van der Waals surface area contributed by atoms with Crippen molar-refractivity contribution in [3.8, 4) is 0 Å². The van der Waals surface area contributed by atoms with Crippen molar-refractivity contribution in [2.24, 2.45) is 0 Å². The number of anilines is 2. The molecule has 3 N–H and O–H groups in total. The van der Waals surface area contributed by atoms with Crippen LogP contribution in [0.25, 0.3) is 0 Å². The van der Waals surface area contributed by atoms with Crippen LogP contribution in [0.2, 0.25) is 0 Å². The molecule has 1 aromatic carbocycles. The summed E-state index contributed by atoms with van der Waals surface area (Å²) in [4.78, 5) is 16.4. The van der Waals surface area contributed by atoms with Crippen molar-refractivity contribution in [3.63, 3.8) is 0 Å². The fraction of sp³-hybridized carbons (Fsp3) is 0.333. The second kappa shape index (κ2) is 7.88. The molecule has 1 aliphatic heterocycles. The summed E-state index contributed by atoms with van der Waals surface area (Å²) in [6.45, 7) is 1.81. The van der Waals surface area contributed by atoms with Gasteiger partial charge in [0.2, 0.25) is 5.91 Å². The standard InChI is InChI=1S/C18H21FN4O/c19-14-4-1-5-16(11-14)22-17(24)12-20-10-8-15-7-6-13-3-2-9-21-18(13)23-15/h1,4-7,11,20H,2-3,8-10,12H2,(H,21,23)(H,22,24). The number of aromatic nitrogens is 1. The van der Waals surface area contributed by atoms with E-state index in [1.807, 2.05) is 6.07 Å². The third kappa shape index (κ3) is 4.52. The number of hydrogen-bond donors (Lipinski definition) is 3. The number of nitrogens with one attached hydrogen (secondary N) is 3. The van der Waals surface area contributed by atoms with Gasteiger partial charge in [-0.3, -0.25) is 4.79 Å². The number of pyridine rings is 1. The van der Waals surface area contributed by atoms with Crippen LogP contribution >= 0.6 is 0 Å². The number of halogens is 1. The molecule has 1 aromatic heterocycles. The van der Waals surface area contributed by atoms with Gasteiger partial charge in [-0.2, -0.15) is 0 Å². The topological polar surface area (TPSA) is 66.0 Å². The van der Waals surface area contributed by atoms with Gasteiger partial charge < -0.3 is 16.0 Å². The van der Waals surface area contributed by atoms with E-state index in [0.29, 0.717) is 12.2 Å². The summed E-state index contributed by atoms with van der Waals surface area (Å²) in [6, 6.07) is 10.0. The third-order valence-corrected chi connectivity index (χ3v) is 3.90. The summed E-state index contributed by atoms with van der Waals surface area (Å²) < 4.78 is 13.1. The summed E-state index contributed by atoms with van der Waals surface area (Å²) in [5.74, 6) is 0.427. The van der Waals surface area contributed by atoms with Crippen LogP contribution in [0, 0.1) is 5.82 Å². The molecule has 126 valence electrons. The first-order valence-electron chi connectivity index (χ1n) is 8.19. The van der Waals surface area contributed by atoms with Crippen molar-refractivity contribution in [3.05, 3.63) is 53.5 Å². The summed E-state index contributed by atoms with van der Waals surface area (Å²) >= 11 is 0. The molecule has 5 nitrogen and oxygen atoms in total. The molecule has 1 aliphatic rings. The Labute approximate surface area is 140 Å². The highest BCUT2D eigenvalue weighted by atomic mass is 19.1. The molecular weight excluding hydrogens is 307 g/mol. The normalized spacial score (nSPS) is 13.0. The van der Waals surface area contributed by atoms with Crippen LogP contribution in [0.15, 0.2) is 36.4 Å². The van der Waals surface area contributed by atoms with Crippen LogP contribution in [0.5, 0.6) is 0 Å². The Kier molecular flexibility index (Phi) is 5.38. The van der Waals surface area contributed by atoms with Crippen molar-refractivity contribution in [1.29, 1.82) is 0 Å². The molecule has 0 atom stereocenters. The average molecular weight is 328 g/mol. The number of amides is 1. The minimum absolute atomic E-state index is 0.180. The molecule has 0 fully saturated rings. The zero-order valence-electron chi connectivity index (χ0n) is 13.4. The van der Waals surface area contributed by atoms with E-state index in [4.69, 9.17) is 0 Å². The molecule has 0 spiro atoms. The van der Waals surface area contributed by atoms with E-state index >= 15 is 0 Å². The molecule has 24 heavy (non-hydrogen) atoms. The van der Waals surface area contributed by atoms with Crippen LogP contribution in [-0.2, 0) is 17.6 Å². The molecule has 2 heterocycles. The van der Waals surface area contributed by atoms with E-state index in [1.54, 1.807) is 12.1 Å². The van der Waals surface area contributed by atoms with Gasteiger partial charge in [-0.15, -0.1) is 0 Å². The summed E-state index contributed by atoms with van der Waals surface area (Å²) in [7, 11) is 0. The zero-order chi connectivity index (χ0) is 16.8. The van der Waals surface area contributed by atoms with E-state index < -0.39 is 0 Å². The lowest BCUT2D eigenvalue weighted by Crippen LogP contribution is -2.29. The van der Waals surface area contributed by atoms with Crippen molar-refractivity contribution in [2.75, 3.05) is 30.3 Å². The van der Waals surface area contributed by atoms with Crippen LogP contribution in [0.4, 0.5) is 15.9 Å². The van der Waals surface area contributed by atoms with Crippen molar-refractivity contribution in [2.45, 2.75) is 19.3 Å². The predicted octanol–water partition coefficient (Wildman–Crippen LogP) is 2.35. The largest absolute Gasteiger partial charge is 0.370 e. The lowest BCUT2D eigenvalue weighted by atomic mass is 10.1. The number of hydrogen-bond acceptors (Lipinski definition) is 4. The molecule has 6 heteroatoms. The van der Waals surface area contributed by atoms with Gasteiger partial charge in [0.15, 0.2) is 0 Å². The monoisotopic (exact) mass is 328 g/mol. The SMILES string of the molecule is O=C(CNCCc1ccc2c(n1)NCCC2)Nc1cccc(F)c1. The lowest BCUT2D eigenvalue weighted by Gasteiger charge is -2.17. The smallest absolute Gasteiger partial charge is 0.238 e. The van der Waals surface area contributed by atoms with Gasteiger partial charge in [-0.05, 0) is 42.7 Å². The van der Waals surface area contributed by atoms with Crippen molar-refractivity contribution >= 4 is 17.4 Å². The highest BCUT2D eigenvalue weighted by Gasteiger charge is 2.10. The fourth-order valence-corrected chi connectivity index (χ4v) is 2.70. The van der Waals surface area contributed by atoms with E-state index in [2.05, 4.69) is 27.0 Å².